The van der Waals surface area contributed by atoms with Gasteiger partial charge in [-0.25, -0.2) is 0 Å². The van der Waals surface area contributed by atoms with Crippen molar-refractivity contribution in [2.24, 2.45) is 0 Å². The van der Waals surface area contributed by atoms with Gasteiger partial charge in [0.15, 0.2) is 0 Å². The number of aliphatic hydroxyl groups excluding tert-OH is 1. The highest BCUT2D eigenvalue weighted by molar-refractivity contribution is 5.32. The molecule has 0 amide bonds. The van der Waals surface area contributed by atoms with Gasteiger partial charge in [-0.05, 0) is 25.8 Å². The first-order valence-electron chi connectivity index (χ1n) is 5.76. The van der Waals surface area contributed by atoms with Crippen LogP contribution in [0.4, 0.5) is 0 Å². The van der Waals surface area contributed by atoms with Crippen molar-refractivity contribution in [2.75, 3.05) is 6.61 Å². The molecule has 1 fully saturated rings. The molecular formula is C13H18O3. The molecule has 0 aromatic heterocycles. The number of hydrogen-bond donors (Lipinski definition) is 1. The molecule has 16 heavy (non-hydrogen) atoms. The van der Waals surface area contributed by atoms with Crippen molar-refractivity contribution in [1.29, 1.82) is 0 Å². The number of ether oxygens (including phenoxy) is 2. The minimum absolute atomic E-state index is 0.0120. The SMILES string of the molecule is CC1CCC(COc2ccccc2CO)O1. The van der Waals surface area contributed by atoms with Gasteiger partial charge < -0.3 is 14.6 Å². The van der Waals surface area contributed by atoms with E-state index >= 15 is 0 Å². The van der Waals surface area contributed by atoms with Gasteiger partial charge in [0.2, 0.25) is 0 Å². The van der Waals surface area contributed by atoms with E-state index in [-0.39, 0.29) is 12.7 Å². The largest absolute Gasteiger partial charge is 0.491 e. The summed E-state index contributed by atoms with van der Waals surface area (Å²) in [6.45, 7) is 2.67. The smallest absolute Gasteiger partial charge is 0.124 e. The van der Waals surface area contributed by atoms with Gasteiger partial charge in [0, 0.05) is 5.56 Å². The van der Waals surface area contributed by atoms with Gasteiger partial charge in [0.25, 0.3) is 0 Å². The zero-order chi connectivity index (χ0) is 11.4. The lowest BCUT2D eigenvalue weighted by molar-refractivity contribution is 0.0260. The minimum atomic E-state index is 0.0120. The fraction of sp³-hybridized carbons (Fsp3) is 0.538. The number of rotatable bonds is 4. The summed E-state index contributed by atoms with van der Waals surface area (Å²) in [4.78, 5) is 0. The van der Waals surface area contributed by atoms with E-state index in [0.29, 0.717) is 12.7 Å². The molecule has 1 aliphatic heterocycles. The van der Waals surface area contributed by atoms with Crippen LogP contribution in [0, 0.1) is 0 Å². The Morgan fingerprint density at radius 2 is 2.19 bits per heavy atom. The molecule has 2 unspecified atom stereocenters. The quantitative estimate of drug-likeness (QED) is 0.848. The van der Waals surface area contributed by atoms with Gasteiger partial charge in [-0.3, -0.25) is 0 Å². The van der Waals surface area contributed by atoms with Crippen molar-refractivity contribution in [3.05, 3.63) is 29.8 Å². The normalized spacial score (nSPS) is 24.6. The summed E-state index contributed by atoms with van der Waals surface area (Å²) >= 11 is 0. The summed E-state index contributed by atoms with van der Waals surface area (Å²) in [6.07, 6.45) is 2.71. The maximum Gasteiger partial charge on any atom is 0.124 e. The average molecular weight is 222 g/mol. The molecule has 3 heteroatoms. The third-order valence-corrected chi connectivity index (χ3v) is 2.89. The van der Waals surface area contributed by atoms with Crippen LogP contribution in [0.15, 0.2) is 24.3 Å². The summed E-state index contributed by atoms with van der Waals surface area (Å²) in [5.41, 5.74) is 0.827. The first-order valence-corrected chi connectivity index (χ1v) is 5.76. The Hall–Kier alpha value is -1.06. The lowest BCUT2D eigenvalue weighted by Crippen LogP contribution is -2.18. The first-order chi connectivity index (χ1) is 7.79. The number of hydrogen-bond acceptors (Lipinski definition) is 3. The Balaban J connectivity index is 1.89. The summed E-state index contributed by atoms with van der Waals surface area (Å²) in [7, 11) is 0. The van der Waals surface area contributed by atoms with Gasteiger partial charge in [0.05, 0.1) is 18.8 Å². The number of para-hydroxylation sites is 1. The molecule has 0 bridgehead atoms. The predicted octanol–water partition coefficient (Wildman–Crippen LogP) is 2.13. The molecule has 1 heterocycles. The van der Waals surface area contributed by atoms with Crippen LogP contribution >= 0.6 is 0 Å². The van der Waals surface area contributed by atoms with Gasteiger partial charge in [-0.15, -0.1) is 0 Å². The summed E-state index contributed by atoms with van der Waals surface area (Å²) < 4.78 is 11.3. The van der Waals surface area contributed by atoms with Crippen molar-refractivity contribution in [3.63, 3.8) is 0 Å². The Labute approximate surface area is 96.0 Å². The number of benzene rings is 1. The van der Waals surface area contributed by atoms with Crippen molar-refractivity contribution in [2.45, 2.75) is 38.6 Å². The van der Waals surface area contributed by atoms with E-state index in [2.05, 4.69) is 6.92 Å². The Morgan fingerprint density at radius 3 is 2.88 bits per heavy atom. The maximum atomic E-state index is 9.14. The highest BCUT2D eigenvalue weighted by atomic mass is 16.5. The van der Waals surface area contributed by atoms with Crippen molar-refractivity contribution in [1.82, 2.24) is 0 Å². The fourth-order valence-electron chi connectivity index (χ4n) is 1.97. The predicted molar refractivity (Wildman–Crippen MR) is 61.4 cm³/mol. The van der Waals surface area contributed by atoms with E-state index in [0.717, 1.165) is 24.2 Å². The minimum Gasteiger partial charge on any atom is -0.491 e. The van der Waals surface area contributed by atoms with Crippen LogP contribution < -0.4 is 4.74 Å². The molecule has 1 aromatic rings. The van der Waals surface area contributed by atoms with Crippen LogP contribution in [0.3, 0.4) is 0 Å². The summed E-state index contributed by atoms with van der Waals surface area (Å²) in [5, 5.41) is 9.14. The van der Waals surface area contributed by atoms with Crippen LogP contribution in [0.5, 0.6) is 5.75 Å². The van der Waals surface area contributed by atoms with E-state index in [9.17, 15) is 0 Å². The molecule has 2 rings (SSSR count). The van der Waals surface area contributed by atoms with Gasteiger partial charge in [0.1, 0.15) is 12.4 Å². The zero-order valence-corrected chi connectivity index (χ0v) is 9.56. The third-order valence-electron chi connectivity index (χ3n) is 2.89. The van der Waals surface area contributed by atoms with Gasteiger partial charge >= 0.3 is 0 Å². The molecule has 1 aromatic carbocycles. The molecule has 0 saturated carbocycles. The van der Waals surface area contributed by atoms with Crippen LogP contribution in [0.2, 0.25) is 0 Å². The van der Waals surface area contributed by atoms with Crippen LogP contribution in [0.1, 0.15) is 25.3 Å². The molecule has 0 spiro atoms. The van der Waals surface area contributed by atoms with E-state index in [1.165, 1.54) is 0 Å². The second-order valence-electron chi connectivity index (χ2n) is 4.22. The molecule has 0 aliphatic carbocycles. The topological polar surface area (TPSA) is 38.7 Å². The lowest BCUT2D eigenvalue weighted by atomic mass is 10.2. The van der Waals surface area contributed by atoms with E-state index in [1.54, 1.807) is 0 Å². The van der Waals surface area contributed by atoms with E-state index < -0.39 is 0 Å². The lowest BCUT2D eigenvalue weighted by Gasteiger charge is -2.14. The van der Waals surface area contributed by atoms with Crippen molar-refractivity contribution in [3.8, 4) is 5.75 Å². The second-order valence-corrected chi connectivity index (χ2v) is 4.22. The molecule has 1 N–H and O–H groups in total. The Morgan fingerprint density at radius 1 is 1.38 bits per heavy atom. The highest BCUT2D eigenvalue weighted by Gasteiger charge is 2.22. The van der Waals surface area contributed by atoms with E-state index in [4.69, 9.17) is 14.6 Å². The maximum absolute atomic E-state index is 9.14. The Bertz CT molecular complexity index is 338. The molecule has 1 aliphatic rings. The fourth-order valence-corrected chi connectivity index (χ4v) is 1.97. The molecule has 88 valence electrons. The number of aliphatic hydroxyl groups is 1. The highest BCUT2D eigenvalue weighted by Crippen LogP contribution is 2.22. The molecule has 2 atom stereocenters. The average Bonchev–Trinajstić information content (AvgIpc) is 2.73. The first kappa shape index (κ1) is 11.4. The summed E-state index contributed by atoms with van der Waals surface area (Å²) in [6, 6.07) is 7.55. The standard InChI is InChI=1S/C13H18O3/c1-10-6-7-12(16-10)9-15-13-5-3-2-4-11(13)8-14/h2-5,10,12,14H,6-9H2,1H3. The van der Waals surface area contributed by atoms with Gasteiger partial charge in [-0.2, -0.15) is 0 Å². The van der Waals surface area contributed by atoms with Crippen molar-refractivity contribution >= 4 is 0 Å². The van der Waals surface area contributed by atoms with Crippen LogP contribution in [0.25, 0.3) is 0 Å². The van der Waals surface area contributed by atoms with Crippen molar-refractivity contribution < 1.29 is 14.6 Å². The van der Waals surface area contributed by atoms with E-state index in [1.807, 2.05) is 24.3 Å². The Kier molecular flexibility index (Phi) is 3.80. The van der Waals surface area contributed by atoms with Gasteiger partial charge in [-0.1, -0.05) is 18.2 Å². The summed E-state index contributed by atoms with van der Waals surface area (Å²) in [5.74, 6) is 0.758. The molecule has 1 saturated heterocycles. The molecular weight excluding hydrogens is 204 g/mol. The third kappa shape index (κ3) is 2.74. The monoisotopic (exact) mass is 222 g/mol. The zero-order valence-electron chi connectivity index (χ0n) is 9.56. The second kappa shape index (κ2) is 5.32. The van der Waals surface area contributed by atoms with Crippen LogP contribution in [-0.4, -0.2) is 23.9 Å². The molecule has 3 nitrogen and oxygen atoms in total. The van der Waals surface area contributed by atoms with Crippen LogP contribution in [-0.2, 0) is 11.3 Å². The molecule has 0 radical (unpaired) electrons.